The van der Waals surface area contributed by atoms with Crippen LogP contribution in [0.3, 0.4) is 0 Å². The Balaban J connectivity index is 1.21. The second-order valence-electron chi connectivity index (χ2n) is 10.6. The molecular weight excluding hydrogens is 562 g/mol. The molecule has 2 atom stereocenters. The fourth-order valence-electron chi connectivity index (χ4n) is 5.30. The molecule has 3 heterocycles. The second kappa shape index (κ2) is 13.9. The number of carbonyl (C=O) groups excluding carboxylic acids is 2. The van der Waals surface area contributed by atoms with Gasteiger partial charge < -0.3 is 20.1 Å². The summed E-state index contributed by atoms with van der Waals surface area (Å²) in [7, 11) is 0. The number of aromatic nitrogens is 2. The van der Waals surface area contributed by atoms with E-state index in [-0.39, 0.29) is 23.5 Å². The minimum atomic E-state index is -0.597. The van der Waals surface area contributed by atoms with E-state index in [2.05, 4.69) is 25.7 Å². The van der Waals surface area contributed by atoms with Gasteiger partial charge in [-0.05, 0) is 28.8 Å². The molecule has 1 fully saturated rings. The van der Waals surface area contributed by atoms with Crippen molar-refractivity contribution in [2.45, 2.75) is 23.5 Å². The van der Waals surface area contributed by atoms with Gasteiger partial charge in [-0.25, -0.2) is 0 Å². The van der Waals surface area contributed by atoms with Gasteiger partial charge in [-0.2, -0.15) is 5.10 Å². The normalized spacial score (nSPS) is 18.7. The Kier molecular flexibility index (Phi) is 9.37. The van der Waals surface area contributed by atoms with Gasteiger partial charge in [-0.1, -0.05) is 72.8 Å². The van der Waals surface area contributed by atoms with Crippen molar-refractivity contribution in [1.29, 1.82) is 0 Å². The van der Waals surface area contributed by atoms with Crippen molar-refractivity contribution < 1.29 is 19.1 Å². The van der Waals surface area contributed by atoms with Gasteiger partial charge in [0, 0.05) is 38.2 Å². The number of hydrogen-bond donors (Lipinski definition) is 3. The zero-order chi connectivity index (χ0) is 29.4. The molecule has 3 aromatic carbocycles. The van der Waals surface area contributed by atoms with Crippen molar-refractivity contribution in [3.8, 4) is 17.0 Å². The monoisotopic (exact) mass is 597 g/mol. The molecule has 2 aliphatic rings. The third kappa shape index (κ3) is 7.27. The van der Waals surface area contributed by atoms with Gasteiger partial charge in [0.15, 0.2) is 5.82 Å². The highest BCUT2D eigenvalue weighted by Gasteiger charge is 2.36. The molecule has 2 unspecified atom stereocenters. The summed E-state index contributed by atoms with van der Waals surface area (Å²) in [5, 5.41) is 12.8. The zero-order valence-electron chi connectivity index (χ0n) is 23.8. The molecule has 0 radical (unpaired) electrons. The van der Waals surface area contributed by atoms with Gasteiger partial charge in [-0.3, -0.25) is 19.6 Å². The number of nitrogens with zero attached hydrogens (tertiary/aromatic N) is 2. The summed E-state index contributed by atoms with van der Waals surface area (Å²) in [6.45, 7) is 4.93. The number of rotatable bonds is 10. The summed E-state index contributed by atoms with van der Waals surface area (Å²) in [6, 6.07) is 27.9. The first kappa shape index (κ1) is 29.0. The van der Waals surface area contributed by atoms with E-state index < -0.39 is 5.25 Å². The molecule has 3 N–H and O–H groups in total. The lowest BCUT2D eigenvalue weighted by atomic mass is 10.00. The third-order valence-corrected chi connectivity index (χ3v) is 9.11. The minimum Gasteiger partial charge on any atom is -0.489 e. The van der Waals surface area contributed by atoms with Crippen LogP contribution in [0.15, 0.2) is 84.9 Å². The number of aromatic amines is 1. The largest absolute Gasteiger partial charge is 0.489 e. The topological polar surface area (TPSA) is 109 Å². The standard InChI is InChI=1S/C33H35N5O4S/c39-28(34-15-16-38-17-19-41-20-18-38)21-27-33(40)35-32-29(30(36-37-32)24-9-5-2-6-10-24)31(43-27)25-11-13-26(14-12-25)42-22-23-7-3-1-4-8-23/h1-14,27,31H,15-22H2,(H,34,39)(H2,35,36,37,40). The number of ether oxygens (including phenoxy) is 2. The van der Waals surface area contributed by atoms with Gasteiger partial charge in [0.25, 0.3) is 0 Å². The number of carbonyl (C=O) groups is 2. The lowest BCUT2D eigenvalue weighted by molar-refractivity contribution is -0.124. The Morgan fingerprint density at radius 2 is 1.72 bits per heavy atom. The van der Waals surface area contributed by atoms with Crippen molar-refractivity contribution in [3.63, 3.8) is 0 Å². The van der Waals surface area contributed by atoms with Crippen molar-refractivity contribution in [3.05, 3.63) is 102 Å². The van der Waals surface area contributed by atoms with Crippen molar-refractivity contribution in [1.82, 2.24) is 20.4 Å². The second-order valence-corrected chi connectivity index (χ2v) is 11.9. The van der Waals surface area contributed by atoms with Crippen molar-refractivity contribution in [2.24, 2.45) is 0 Å². The number of thioether (sulfide) groups is 1. The Morgan fingerprint density at radius 3 is 2.47 bits per heavy atom. The number of anilines is 1. The van der Waals surface area contributed by atoms with E-state index in [0.29, 0.717) is 32.2 Å². The summed E-state index contributed by atoms with van der Waals surface area (Å²) in [5.74, 6) is 0.869. The molecule has 0 bridgehead atoms. The molecule has 10 heteroatoms. The van der Waals surface area contributed by atoms with Crippen LogP contribution in [-0.2, 0) is 20.9 Å². The zero-order valence-corrected chi connectivity index (χ0v) is 24.6. The molecule has 9 nitrogen and oxygen atoms in total. The molecule has 2 amide bonds. The fraction of sp³-hybridized carbons (Fsp3) is 0.303. The van der Waals surface area contributed by atoms with Gasteiger partial charge in [-0.15, -0.1) is 11.8 Å². The SMILES string of the molecule is O=C(CC1SC(c2ccc(OCc3ccccc3)cc2)c2c(n[nH]c2-c2ccccc2)NC1=O)NCCN1CCOCC1. The molecule has 1 saturated heterocycles. The van der Waals surface area contributed by atoms with Crippen LogP contribution in [0, 0.1) is 0 Å². The molecule has 0 spiro atoms. The average Bonchev–Trinajstić information content (AvgIpc) is 3.41. The van der Waals surface area contributed by atoms with Crippen LogP contribution in [0.4, 0.5) is 5.82 Å². The van der Waals surface area contributed by atoms with E-state index in [0.717, 1.165) is 53.3 Å². The summed E-state index contributed by atoms with van der Waals surface area (Å²) in [5.41, 5.74) is 4.78. The minimum absolute atomic E-state index is 0.0725. The summed E-state index contributed by atoms with van der Waals surface area (Å²) in [4.78, 5) is 28.7. The van der Waals surface area contributed by atoms with Gasteiger partial charge in [0.05, 0.1) is 29.4 Å². The molecule has 0 aliphatic carbocycles. The molecule has 4 aromatic rings. The average molecular weight is 598 g/mol. The predicted octanol–water partition coefficient (Wildman–Crippen LogP) is 4.64. The number of nitrogens with one attached hydrogen (secondary N) is 3. The molecule has 1 aromatic heterocycles. The summed E-state index contributed by atoms with van der Waals surface area (Å²) < 4.78 is 11.4. The van der Waals surface area contributed by atoms with Crippen LogP contribution in [0.2, 0.25) is 0 Å². The van der Waals surface area contributed by atoms with E-state index in [1.807, 2.05) is 84.9 Å². The predicted molar refractivity (Wildman–Crippen MR) is 168 cm³/mol. The van der Waals surface area contributed by atoms with E-state index in [9.17, 15) is 9.59 Å². The maximum atomic E-state index is 13.4. The number of hydrogen-bond acceptors (Lipinski definition) is 7. The summed E-state index contributed by atoms with van der Waals surface area (Å²) in [6.07, 6.45) is 0.0725. The number of amides is 2. The lowest BCUT2D eigenvalue weighted by Gasteiger charge is -2.26. The van der Waals surface area contributed by atoms with Gasteiger partial charge >= 0.3 is 0 Å². The smallest absolute Gasteiger partial charge is 0.239 e. The fourth-order valence-corrected chi connectivity index (χ4v) is 6.74. The first-order valence-corrected chi connectivity index (χ1v) is 15.5. The van der Waals surface area contributed by atoms with Crippen molar-refractivity contribution in [2.75, 3.05) is 44.7 Å². The maximum Gasteiger partial charge on any atom is 0.239 e. The third-order valence-electron chi connectivity index (χ3n) is 7.62. The van der Waals surface area contributed by atoms with E-state index >= 15 is 0 Å². The molecular formula is C33H35N5O4S. The highest BCUT2D eigenvalue weighted by Crippen LogP contribution is 2.48. The molecule has 43 heavy (non-hydrogen) atoms. The number of H-pyrrole nitrogens is 1. The van der Waals surface area contributed by atoms with Crippen LogP contribution in [0.25, 0.3) is 11.3 Å². The van der Waals surface area contributed by atoms with Gasteiger partial charge in [0.1, 0.15) is 12.4 Å². The molecule has 0 saturated carbocycles. The quantitative estimate of drug-likeness (QED) is 0.245. The van der Waals surface area contributed by atoms with E-state index in [1.54, 1.807) is 0 Å². The first-order chi connectivity index (χ1) is 21.1. The number of morpholine rings is 1. The van der Waals surface area contributed by atoms with Crippen molar-refractivity contribution >= 4 is 29.4 Å². The van der Waals surface area contributed by atoms with Gasteiger partial charge in [0.2, 0.25) is 11.8 Å². The lowest BCUT2D eigenvalue weighted by Crippen LogP contribution is -2.42. The van der Waals surface area contributed by atoms with Crippen LogP contribution < -0.4 is 15.4 Å². The first-order valence-electron chi connectivity index (χ1n) is 14.6. The Labute approximate surface area is 255 Å². The van der Waals surface area contributed by atoms with Crippen LogP contribution >= 0.6 is 11.8 Å². The number of benzene rings is 3. The highest BCUT2D eigenvalue weighted by atomic mass is 32.2. The molecule has 2 aliphatic heterocycles. The molecule has 222 valence electrons. The Hall–Kier alpha value is -4.12. The Bertz CT molecular complexity index is 1510. The van der Waals surface area contributed by atoms with Crippen LogP contribution in [0.1, 0.15) is 28.4 Å². The summed E-state index contributed by atoms with van der Waals surface area (Å²) >= 11 is 1.47. The molecule has 6 rings (SSSR count). The van der Waals surface area contributed by atoms with E-state index in [1.165, 1.54) is 11.8 Å². The maximum absolute atomic E-state index is 13.4. The number of fused-ring (bicyclic) bond motifs is 1. The van der Waals surface area contributed by atoms with E-state index in [4.69, 9.17) is 9.47 Å². The van der Waals surface area contributed by atoms with Crippen LogP contribution in [-0.4, -0.2) is 71.6 Å². The highest BCUT2D eigenvalue weighted by molar-refractivity contribution is 8.01. The Morgan fingerprint density at radius 1 is 1.00 bits per heavy atom. The van der Waals surface area contributed by atoms with Crippen LogP contribution in [0.5, 0.6) is 5.75 Å².